The monoisotopic (exact) mass is 225 g/mol. The Hall–Kier alpha value is -1.01. The number of hydrogen-bond donors (Lipinski definition) is 1. The van der Waals surface area contributed by atoms with Crippen LogP contribution in [0.1, 0.15) is 32.0 Å². The van der Waals surface area contributed by atoms with Gasteiger partial charge in [-0.2, -0.15) is 0 Å². The highest BCUT2D eigenvalue weighted by Gasteiger charge is 2.16. The predicted octanol–water partition coefficient (Wildman–Crippen LogP) is 0.352. The Morgan fingerprint density at radius 1 is 1.56 bits per heavy atom. The van der Waals surface area contributed by atoms with Crippen LogP contribution in [0, 0.1) is 0 Å². The van der Waals surface area contributed by atoms with Gasteiger partial charge in [-0.3, -0.25) is 0 Å². The van der Waals surface area contributed by atoms with E-state index < -0.39 is 0 Å². The number of tetrazole rings is 1. The van der Waals surface area contributed by atoms with Gasteiger partial charge in [0.2, 0.25) is 0 Å². The van der Waals surface area contributed by atoms with Gasteiger partial charge in [0.1, 0.15) is 0 Å². The summed E-state index contributed by atoms with van der Waals surface area (Å²) in [7, 11) is 0. The zero-order chi connectivity index (χ0) is 11.2. The molecule has 1 unspecified atom stereocenters. The Labute approximate surface area is 95.4 Å². The molecule has 16 heavy (non-hydrogen) atoms. The minimum absolute atomic E-state index is 0.399. The second-order valence-corrected chi connectivity index (χ2v) is 4.02. The number of nitrogens with zero attached hydrogens (tertiary/aromatic N) is 4. The van der Waals surface area contributed by atoms with Gasteiger partial charge in [0, 0.05) is 13.2 Å². The predicted molar refractivity (Wildman–Crippen MR) is 58.8 cm³/mol. The molecule has 1 atom stereocenters. The molecule has 0 bridgehead atoms. The Morgan fingerprint density at radius 2 is 2.50 bits per heavy atom. The van der Waals surface area contributed by atoms with Gasteiger partial charge in [0.05, 0.1) is 12.6 Å². The maximum absolute atomic E-state index is 5.57. The standard InChI is InChI=1S/C10H19N5O/c1-2-11-8-10-12-13-14-15(10)6-5-9-4-3-7-16-9/h9,11H,2-8H2,1H3. The van der Waals surface area contributed by atoms with E-state index in [1.807, 2.05) is 4.68 Å². The number of ether oxygens (including phenoxy) is 1. The maximum atomic E-state index is 5.57. The van der Waals surface area contributed by atoms with Crippen molar-refractivity contribution in [3.8, 4) is 0 Å². The van der Waals surface area contributed by atoms with E-state index in [9.17, 15) is 0 Å². The molecule has 1 aliphatic rings. The van der Waals surface area contributed by atoms with Crippen molar-refractivity contribution in [1.82, 2.24) is 25.5 Å². The number of nitrogens with one attached hydrogen (secondary N) is 1. The largest absolute Gasteiger partial charge is 0.378 e. The highest BCUT2D eigenvalue weighted by Crippen LogP contribution is 2.15. The van der Waals surface area contributed by atoms with Crippen LogP contribution in [0.4, 0.5) is 0 Å². The van der Waals surface area contributed by atoms with Gasteiger partial charge in [-0.25, -0.2) is 4.68 Å². The molecule has 2 rings (SSSR count). The van der Waals surface area contributed by atoms with Gasteiger partial charge in [-0.1, -0.05) is 6.92 Å². The van der Waals surface area contributed by atoms with Gasteiger partial charge in [0.25, 0.3) is 0 Å². The fourth-order valence-corrected chi connectivity index (χ4v) is 1.90. The lowest BCUT2D eigenvalue weighted by atomic mass is 10.2. The van der Waals surface area contributed by atoms with Crippen LogP contribution >= 0.6 is 0 Å². The van der Waals surface area contributed by atoms with Crippen molar-refractivity contribution >= 4 is 0 Å². The van der Waals surface area contributed by atoms with Crippen molar-refractivity contribution in [3.05, 3.63) is 5.82 Å². The lowest BCUT2D eigenvalue weighted by molar-refractivity contribution is 0.0990. The molecule has 1 aliphatic heterocycles. The summed E-state index contributed by atoms with van der Waals surface area (Å²) in [6, 6.07) is 0. The van der Waals surface area contributed by atoms with E-state index in [4.69, 9.17) is 4.74 Å². The average molecular weight is 225 g/mol. The van der Waals surface area contributed by atoms with Crippen LogP contribution in [0.2, 0.25) is 0 Å². The van der Waals surface area contributed by atoms with Crippen molar-refractivity contribution in [3.63, 3.8) is 0 Å². The first-order valence-corrected chi connectivity index (χ1v) is 5.97. The van der Waals surface area contributed by atoms with Crippen molar-refractivity contribution in [2.24, 2.45) is 0 Å². The SMILES string of the molecule is CCNCc1nnnn1CCC1CCCO1. The summed E-state index contributed by atoms with van der Waals surface area (Å²) >= 11 is 0. The fraction of sp³-hybridized carbons (Fsp3) is 0.900. The van der Waals surface area contributed by atoms with E-state index in [2.05, 4.69) is 27.8 Å². The van der Waals surface area contributed by atoms with Crippen LogP contribution in [-0.2, 0) is 17.8 Å². The highest BCUT2D eigenvalue weighted by molar-refractivity contribution is 4.80. The van der Waals surface area contributed by atoms with Crippen LogP contribution in [0.5, 0.6) is 0 Å². The first-order chi connectivity index (χ1) is 7.90. The van der Waals surface area contributed by atoms with Gasteiger partial charge >= 0.3 is 0 Å². The molecule has 0 spiro atoms. The number of aromatic nitrogens is 4. The van der Waals surface area contributed by atoms with Crippen molar-refractivity contribution in [2.75, 3.05) is 13.2 Å². The third kappa shape index (κ3) is 2.99. The molecule has 6 heteroatoms. The molecular weight excluding hydrogens is 206 g/mol. The molecule has 1 fully saturated rings. The van der Waals surface area contributed by atoms with Crippen LogP contribution in [0.3, 0.4) is 0 Å². The molecule has 1 N–H and O–H groups in total. The third-order valence-corrected chi connectivity index (χ3v) is 2.83. The van der Waals surface area contributed by atoms with Gasteiger partial charge in [-0.05, 0) is 36.2 Å². The summed E-state index contributed by atoms with van der Waals surface area (Å²) in [5.74, 6) is 0.903. The van der Waals surface area contributed by atoms with Gasteiger partial charge in [0.15, 0.2) is 5.82 Å². The lowest BCUT2D eigenvalue weighted by Crippen LogP contribution is -2.18. The quantitative estimate of drug-likeness (QED) is 0.757. The van der Waals surface area contributed by atoms with Crippen LogP contribution in [-0.4, -0.2) is 39.5 Å². The molecule has 90 valence electrons. The van der Waals surface area contributed by atoms with E-state index in [1.165, 1.54) is 12.8 Å². The van der Waals surface area contributed by atoms with Crippen molar-refractivity contribution in [2.45, 2.75) is 45.4 Å². The van der Waals surface area contributed by atoms with Crippen LogP contribution < -0.4 is 5.32 Å². The van der Waals surface area contributed by atoms with Gasteiger partial charge < -0.3 is 10.1 Å². The normalized spacial score (nSPS) is 20.4. The Bertz CT molecular complexity index is 308. The molecule has 2 heterocycles. The fourth-order valence-electron chi connectivity index (χ4n) is 1.90. The zero-order valence-electron chi connectivity index (χ0n) is 9.72. The highest BCUT2D eigenvalue weighted by atomic mass is 16.5. The number of rotatable bonds is 6. The first kappa shape index (κ1) is 11.5. The molecule has 0 aliphatic carbocycles. The summed E-state index contributed by atoms with van der Waals surface area (Å²) in [5.41, 5.74) is 0. The first-order valence-electron chi connectivity index (χ1n) is 5.97. The number of aryl methyl sites for hydroxylation is 1. The molecule has 6 nitrogen and oxygen atoms in total. The summed E-state index contributed by atoms with van der Waals surface area (Å²) < 4.78 is 7.44. The molecule has 1 saturated heterocycles. The minimum Gasteiger partial charge on any atom is -0.378 e. The van der Waals surface area contributed by atoms with E-state index in [1.54, 1.807) is 0 Å². The Morgan fingerprint density at radius 3 is 3.25 bits per heavy atom. The third-order valence-electron chi connectivity index (χ3n) is 2.83. The second kappa shape index (κ2) is 5.91. The molecular formula is C10H19N5O. The Kier molecular flexibility index (Phi) is 4.24. The summed E-state index contributed by atoms with van der Waals surface area (Å²) in [6.45, 7) is 5.48. The summed E-state index contributed by atoms with van der Waals surface area (Å²) in [6.07, 6.45) is 3.76. The smallest absolute Gasteiger partial charge is 0.165 e. The van der Waals surface area contributed by atoms with Crippen molar-refractivity contribution in [1.29, 1.82) is 0 Å². The molecule has 0 amide bonds. The number of hydrogen-bond acceptors (Lipinski definition) is 5. The molecule has 1 aromatic rings. The van der Waals surface area contributed by atoms with E-state index >= 15 is 0 Å². The average Bonchev–Trinajstić information content (AvgIpc) is 2.94. The zero-order valence-corrected chi connectivity index (χ0v) is 9.72. The van der Waals surface area contributed by atoms with E-state index in [0.717, 1.165) is 38.5 Å². The van der Waals surface area contributed by atoms with Gasteiger partial charge in [-0.15, -0.1) is 5.10 Å². The topological polar surface area (TPSA) is 64.9 Å². The summed E-state index contributed by atoms with van der Waals surface area (Å²) in [4.78, 5) is 0. The Balaban J connectivity index is 1.80. The van der Waals surface area contributed by atoms with E-state index in [0.29, 0.717) is 6.10 Å². The van der Waals surface area contributed by atoms with Crippen LogP contribution in [0.15, 0.2) is 0 Å². The molecule has 0 aromatic carbocycles. The lowest BCUT2D eigenvalue weighted by Gasteiger charge is -2.09. The van der Waals surface area contributed by atoms with Crippen molar-refractivity contribution < 1.29 is 4.74 Å². The maximum Gasteiger partial charge on any atom is 0.165 e. The van der Waals surface area contributed by atoms with Crippen LogP contribution in [0.25, 0.3) is 0 Å². The molecule has 1 aromatic heterocycles. The minimum atomic E-state index is 0.399. The molecule has 0 radical (unpaired) electrons. The van der Waals surface area contributed by atoms with E-state index in [-0.39, 0.29) is 0 Å². The second-order valence-electron chi connectivity index (χ2n) is 4.02. The summed E-state index contributed by atoms with van der Waals surface area (Å²) in [5, 5.41) is 14.9. The molecule has 0 saturated carbocycles.